The second-order valence-corrected chi connectivity index (χ2v) is 4.34. The number of hydrogen-bond acceptors (Lipinski definition) is 1. The minimum Gasteiger partial charge on any atom is -0.341 e. The fourth-order valence-electron chi connectivity index (χ4n) is 2.19. The summed E-state index contributed by atoms with van der Waals surface area (Å²) in [6, 6.07) is 11.8. The molecule has 0 atom stereocenters. The standard InChI is InChI=1S/C16H16N2O/c1-4-10-17-16(19)15-11-12(2)18(13(15)3)14-8-6-5-7-9-14/h1,5-9,11H,10H2,2-3H3,(H,17,19). The fourth-order valence-corrected chi connectivity index (χ4v) is 2.19. The maximum Gasteiger partial charge on any atom is 0.253 e. The van der Waals surface area contributed by atoms with Gasteiger partial charge >= 0.3 is 0 Å². The van der Waals surface area contributed by atoms with Crippen LogP contribution in [0.15, 0.2) is 36.4 Å². The highest BCUT2D eigenvalue weighted by Crippen LogP contribution is 2.20. The minimum absolute atomic E-state index is 0.131. The Morgan fingerprint density at radius 2 is 2.00 bits per heavy atom. The molecule has 1 aromatic heterocycles. The molecule has 0 unspecified atom stereocenters. The molecule has 1 aromatic carbocycles. The zero-order valence-corrected chi connectivity index (χ0v) is 11.1. The van der Waals surface area contributed by atoms with Gasteiger partial charge in [-0.3, -0.25) is 4.79 Å². The molecule has 1 amide bonds. The summed E-state index contributed by atoms with van der Waals surface area (Å²) in [6.07, 6.45) is 5.15. The number of carbonyl (C=O) groups is 1. The number of aryl methyl sites for hydroxylation is 1. The molecule has 0 saturated heterocycles. The summed E-state index contributed by atoms with van der Waals surface area (Å²) in [7, 11) is 0. The summed E-state index contributed by atoms with van der Waals surface area (Å²) in [4.78, 5) is 12.0. The third kappa shape index (κ3) is 2.53. The topological polar surface area (TPSA) is 34.0 Å². The Kier molecular flexibility index (Phi) is 3.72. The van der Waals surface area contributed by atoms with Gasteiger partial charge in [-0.05, 0) is 32.0 Å². The third-order valence-corrected chi connectivity index (χ3v) is 3.04. The van der Waals surface area contributed by atoms with Gasteiger partial charge in [-0.25, -0.2) is 0 Å². The molecule has 1 N–H and O–H groups in total. The van der Waals surface area contributed by atoms with Crippen molar-refractivity contribution in [1.29, 1.82) is 0 Å². The molecular formula is C16H16N2O. The van der Waals surface area contributed by atoms with Gasteiger partial charge in [0.25, 0.3) is 5.91 Å². The molecule has 0 fully saturated rings. The Bertz CT molecular complexity index is 633. The Morgan fingerprint density at radius 1 is 1.32 bits per heavy atom. The minimum atomic E-state index is -0.131. The summed E-state index contributed by atoms with van der Waals surface area (Å²) in [5.41, 5.74) is 3.65. The van der Waals surface area contributed by atoms with Gasteiger partial charge in [0.2, 0.25) is 0 Å². The van der Waals surface area contributed by atoms with E-state index in [4.69, 9.17) is 6.42 Å². The largest absolute Gasteiger partial charge is 0.341 e. The SMILES string of the molecule is C#CCNC(=O)c1cc(C)n(-c2ccccc2)c1C. The van der Waals surface area contributed by atoms with Crippen molar-refractivity contribution in [2.45, 2.75) is 13.8 Å². The summed E-state index contributed by atoms with van der Waals surface area (Å²) in [5, 5.41) is 2.69. The molecule has 2 aromatic rings. The summed E-state index contributed by atoms with van der Waals surface area (Å²) in [5.74, 6) is 2.27. The van der Waals surface area contributed by atoms with Crippen molar-refractivity contribution in [2.75, 3.05) is 6.54 Å². The van der Waals surface area contributed by atoms with Crippen LogP contribution in [0.2, 0.25) is 0 Å². The number of rotatable bonds is 3. The molecule has 0 aliphatic heterocycles. The number of nitrogens with one attached hydrogen (secondary N) is 1. The van der Waals surface area contributed by atoms with E-state index < -0.39 is 0 Å². The Labute approximate surface area is 113 Å². The first-order chi connectivity index (χ1) is 9.15. The average molecular weight is 252 g/mol. The Balaban J connectivity index is 2.41. The molecule has 3 nitrogen and oxygen atoms in total. The van der Waals surface area contributed by atoms with Crippen LogP contribution in [-0.2, 0) is 0 Å². The lowest BCUT2D eigenvalue weighted by Crippen LogP contribution is -2.23. The van der Waals surface area contributed by atoms with Crippen molar-refractivity contribution < 1.29 is 4.79 Å². The molecule has 0 radical (unpaired) electrons. The van der Waals surface area contributed by atoms with E-state index in [1.807, 2.05) is 50.2 Å². The lowest BCUT2D eigenvalue weighted by molar-refractivity contribution is 0.0958. The van der Waals surface area contributed by atoms with Crippen molar-refractivity contribution in [3.63, 3.8) is 0 Å². The molecule has 0 bridgehead atoms. The number of aromatic nitrogens is 1. The van der Waals surface area contributed by atoms with Gasteiger partial charge < -0.3 is 9.88 Å². The van der Waals surface area contributed by atoms with E-state index in [1.165, 1.54) is 0 Å². The van der Waals surface area contributed by atoms with Crippen LogP contribution in [0.1, 0.15) is 21.7 Å². The monoisotopic (exact) mass is 252 g/mol. The highest BCUT2D eigenvalue weighted by atomic mass is 16.1. The van der Waals surface area contributed by atoms with Crippen LogP contribution in [0.3, 0.4) is 0 Å². The number of benzene rings is 1. The van der Waals surface area contributed by atoms with E-state index in [0.717, 1.165) is 17.1 Å². The van der Waals surface area contributed by atoms with E-state index in [9.17, 15) is 4.79 Å². The molecule has 0 aliphatic rings. The molecular weight excluding hydrogens is 236 g/mol. The average Bonchev–Trinajstić information content (AvgIpc) is 2.72. The van der Waals surface area contributed by atoms with Gasteiger partial charge in [0.05, 0.1) is 12.1 Å². The number of para-hydroxylation sites is 1. The highest BCUT2D eigenvalue weighted by molar-refractivity contribution is 5.96. The molecule has 96 valence electrons. The first-order valence-corrected chi connectivity index (χ1v) is 6.11. The van der Waals surface area contributed by atoms with E-state index in [2.05, 4.69) is 15.8 Å². The Morgan fingerprint density at radius 3 is 2.63 bits per heavy atom. The first-order valence-electron chi connectivity index (χ1n) is 6.11. The van der Waals surface area contributed by atoms with Gasteiger partial charge in [0.15, 0.2) is 0 Å². The van der Waals surface area contributed by atoms with E-state index in [-0.39, 0.29) is 12.5 Å². The lowest BCUT2D eigenvalue weighted by atomic mass is 10.2. The van der Waals surface area contributed by atoms with Crippen molar-refractivity contribution in [1.82, 2.24) is 9.88 Å². The molecule has 3 heteroatoms. The van der Waals surface area contributed by atoms with Crippen LogP contribution in [0.25, 0.3) is 5.69 Å². The van der Waals surface area contributed by atoms with Crippen molar-refractivity contribution in [3.8, 4) is 18.0 Å². The third-order valence-electron chi connectivity index (χ3n) is 3.04. The quantitative estimate of drug-likeness (QED) is 0.836. The van der Waals surface area contributed by atoms with Gasteiger partial charge in [-0.15, -0.1) is 6.42 Å². The second-order valence-electron chi connectivity index (χ2n) is 4.34. The number of nitrogens with zero attached hydrogens (tertiary/aromatic N) is 1. The van der Waals surface area contributed by atoms with Crippen LogP contribution in [0, 0.1) is 26.2 Å². The number of hydrogen-bond donors (Lipinski definition) is 1. The fraction of sp³-hybridized carbons (Fsp3) is 0.188. The molecule has 1 heterocycles. The molecule has 0 spiro atoms. The van der Waals surface area contributed by atoms with Gasteiger partial charge in [-0.1, -0.05) is 24.1 Å². The lowest BCUT2D eigenvalue weighted by Gasteiger charge is -2.09. The summed E-state index contributed by atoms with van der Waals surface area (Å²) < 4.78 is 2.06. The normalized spacial score (nSPS) is 9.95. The van der Waals surface area contributed by atoms with Crippen molar-refractivity contribution in [2.24, 2.45) is 0 Å². The number of amides is 1. The molecule has 0 aliphatic carbocycles. The van der Waals surface area contributed by atoms with Crippen molar-refractivity contribution in [3.05, 3.63) is 53.3 Å². The predicted molar refractivity (Wildman–Crippen MR) is 76.4 cm³/mol. The van der Waals surface area contributed by atoms with Gasteiger partial charge in [0.1, 0.15) is 0 Å². The van der Waals surface area contributed by atoms with Gasteiger partial charge in [0, 0.05) is 17.1 Å². The predicted octanol–water partition coefficient (Wildman–Crippen LogP) is 2.46. The van der Waals surface area contributed by atoms with Crippen LogP contribution in [0.4, 0.5) is 0 Å². The number of terminal acetylenes is 1. The number of carbonyl (C=O) groups excluding carboxylic acids is 1. The zero-order valence-electron chi connectivity index (χ0n) is 11.1. The smallest absolute Gasteiger partial charge is 0.253 e. The maximum absolute atomic E-state index is 12.0. The molecule has 2 rings (SSSR count). The first kappa shape index (κ1) is 13.0. The van der Waals surface area contributed by atoms with E-state index >= 15 is 0 Å². The highest BCUT2D eigenvalue weighted by Gasteiger charge is 2.15. The zero-order chi connectivity index (χ0) is 13.8. The van der Waals surface area contributed by atoms with Crippen LogP contribution in [0.5, 0.6) is 0 Å². The van der Waals surface area contributed by atoms with Crippen molar-refractivity contribution >= 4 is 5.91 Å². The Hall–Kier alpha value is -2.47. The van der Waals surface area contributed by atoms with Crippen LogP contribution >= 0.6 is 0 Å². The molecule has 0 saturated carbocycles. The van der Waals surface area contributed by atoms with E-state index in [1.54, 1.807) is 0 Å². The van der Waals surface area contributed by atoms with E-state index in [0.29, 0.717) is 5.56 Å². The van der Waals surface area contributed by atoms with Gasteiger partial charge in [-0.2, -0.15) is 0 Å². The van der Waals surface area contributed by atoms with Crippen LogP contribution in [-0.4, -0.2) is 17.0 Å². The summed E-state index contributed by atoms with van der Waals surface area (Å²) in [6.45, 7) is 4.16. The van der Waals surface area contributed by atoms with Crippen LogP contribution < -0.4 is 5.32 Å². The second kappa shape index (κ2) is 5.45. The summed E-state index contributed by atoms with van der Waals surface area (Å²) >= 11 is 0. The maximum atomic E-state index is 12.0. The molecule has 19 heavy (non-hydrogen) atoms.